The molecule has 0 unspecified atom stereocenters. The SMILES string of the molecule is Cc1cccc(Nc2nccc(C(=O)NCc3ccc4c(c3)OCO4)n2)c1C. The topological polar surface area (TPSA) is 85.4 Å². The fraction of sp³-hybridized carbons (Fsp3) is 0.190. The molecule has 0 spiro atoms. The number of nitrogens with zero attached hydrogens (tertiary/aromatic N) is 2. The molecule has 2 N–H and O–H groups in total. The van der Waals surface area contributed by atoms with Crippen LogP contribution in [0.4, 0.5) is 11.6 Å². The molecule has 4 rings (SSSR count). The monoisotopic (exact) mass is 376 g/mol. The van der Waals surface area contributed by atoms with E-state index in [-0.39, 0.29) is 12.7 Å². The Kier molecular flexibility index (Phi) is 4.80. The Balaban J connectivity index is 1.43. The fourth-order valence-electron chi connectivity index (χ4n) is 2.88. The van der Waals surface area contributed by atoms with Gasteiger partial charge in [0.2, 0.25) is 12.7 Å². The summed E-state index contributed by atoms with van der Waals surface area (Å²) in [5.74, 6) is 1.51. The third kappa shape index (κ3) is 3.73. The van der Waals surface area contributed by atoms with Crippen molar-refractivity contribution in [1.82, 2.24) is 15.3 Å². The molecule has 2 heterocycles. The molecule has 7 nitrogen and oxygen atoms in total. The van der Waals surface area contributed by atoms with Gasteiger partial charge in [-0.2, -0.15) is 0 Å². The van der Waals surface area contributed by atoms with Gasteiger partial charge in [-0.05, 0) is 54.8 Å². The number of ether oxygens (including phenoxy) is 2. The molecule has 28 heavy (non-hydrogen) atoms. The van der Waals surface area contributed by atoms with Crippen molar-refractivity contribution in [3.63, 3.8) is 0 Å². The second-order valence-corrected chi connectivity index (χ2v) is 6.51. The van der Waals surface area contributed by atoms with Crippen LogP contribution in [0, 0.1) is 13.8 Å². The second kappa shape index (κ2) is 7.56. The number of anilines is 2. The third-order valence-electron chi connectivity index (χ3n) is 4.63. The summed E-state index contributed by atoms with van der Waals surface area (Å²) in [7, 11) is 0. The molecule has 2 aromatic carbocycles. The first-order chi connectivity index (χ1) is 13.6. The molecule has 1 amide bonds. The van der Waals surface area contributed by atoms with Gasteiger partial charge in [-0.3, -0.25) is 4.79 Å². The van der Waals surface area contributed by atoms with Crippen LogP contribution in [0.25, 0.3) is 0 Å². The number of nitrogens with one attached hydrogen (secondary N) is 2. The van der Waals surface area contributed by atoms with Gasteiger partial charge in [0.05, 0.1) is 0 Å². The van der Waals surface area contributed by atoms with Gasteiger partial charge in [-0.1, -0.05) is 18.2 Å². The highest BCUT2D eigenvalue weighted by Crippen LogP contribution is 2.32. The zero-order chi connectivity index (χ0) is 19.5. The van der Waals surface area contributed by atoms with Crippen LogP contribution in [0.2, 0.25) is 0 Å². The van der Waals surface area contributed by atoms with Crippen molar-refractivity contribution < 1.29 is 14.3 Å². The lowest BCUT2D eigenvalue weighted by Gasteiger charge is -2.11. The molecular weight excluding hydrogens is 356 g/mol. The second-order valence-electron chi connectivity index (χ2n) is 6.51. The van der Waals surface area contributed by atoms with Crippen LogP contribution in [-0.2, 0) is 6.54 Å². The van der Waals surface area contributed by atoms with Crippen LogP contribution in [0.3, 0.4) is 0 Å². The van der Waals surface area contributed by atoms with E-state index >= 15 is 0 Å². The standard InChI is InChI=1S/C21H20N4O3/c1-13-4-3-5-16(14(13)2)24-21-22-9-8-17(25-21)20(26)23-11-15-6-7-18-19(10-15)28-12-27-18/h3-10H,11-12H2,1-2H3,(H,23,26)(H,22,24,25). The first-order valence-electron chi connectivity index (χ1n) is 8.93. The van der Waals surface area contributed by atoms with E-state index in [0.717, 1.165) is 16.8 Å². The number of hydrogen-bond acceptors (Lipinski definition) is 6. The zero-order valence-electron chi connectivity index (χ0n) is 15.7. The molecule has 0 radical (unpaired) electrons. The van der Waals surface area contributed by atoms with Gasteiger partial charge in [0.15, 0.2) is 11.5 Å². The summed E-state index contributed by atoms with van der Waals surface area (Å²) in [6.45, 7) is 4.66. The van der Waals surface area contributed by atoms with Gasteiger partial charge < -0.3 is 20.1 Å². The maximum Gasteiger partial charge on any atom is 0.270 e. The molecule has 7 heteroatoms. The predicted octanol–water partition coefficient (Wildman–Crippen LogP) is 3.50. The maximum atomic E-state index is 12.5. The summed E-state index contributed by atoms with van der Waals surface area (Å²) in [6, 6.07) is 13.1. The quantitative estimate of drug-likeness (QED) is 0.709. The number of carbonyl (C=O) groups is 1. The molecular formula is C21H20N4O3. The zero-order valence-corrected chi connectivity index (χ0v) is 15.7. The van der Waals surface area contributed by atoms with Crippen molar-refractivity contribution in [2.75, 3.05) is 12.1 Å². The Labute approximate surface area is 162 Å². The van der Waals surface area contributed by atoms with Crippen molar-refractivity contribution in [2.24, 2.45) is 0 Å². The van der Waals surface area contributed by atoms with Gasteiger partial charge in [-0.25, -0.2) is 9.97 Å². The van der Waals surface area contributed by atoms with Gasteiger partial charge in [0.25, 0.3) is 5.91 Å². The molecule has 0 saturated heterocycles. The number of fused-ring (bicyclic) bond motifs is 1. The summed E-state index contributed by atoms with van der Waals surface area (Å²) in [6.07, 6.45) is 1.57. The Bertz CT molecular complexity index is 1040. The summed E-state index contributed by atoms with van der Waals surface area (Å²) < 4.78 is 10.6. The molecule has 0 atom stereocenters. The third-order valence-corrected chi connectivity index (χ3v) is 4.63. The van der Waals surface area contributed by atoms with E-state index < -0.39 is 0 Å². The first-order valence-corrected chi connectivity index (χ1v) is 8.93. The number of hydrogen-bond donors (Lipinski definition) is 2. The van der Waals surface area contributed by atoms with E-state index in [1.54, 1.807) is 12.3 Å². The Morgan fingerprint density at radius 2 is 1.96 bits per heavy atom. The number of aryl methyl sites for hydroxylation is 1. The lowest BCUT2D eigenvalue weighted by molar-refractivity contribution is 0.0946. The number of carbonyl (C=O) groups excluding carboxylic acids is 1. The smallest absolute Gasteiger partial charge is 0.270 e. The normalized spacial score (nSPS) is 11.9. The number of amides is 1. The fourth-order valence-corrected chi connectivity index (χ4v) is 2.88. The number of benzene rings is 2. The van der Waals surface area contributed by atoms with Crippen LogP contribution in [0.15, 0.2) is 48.7 Å². The lowest BCUT2D eigenvalue weighted by atomic mass is 10.1. The van der Waals surface area contributed by atoms with E-state index in [0.29, 0.717) is 29.7 Å². The number of rotatable bonds is 5. The van der Waals surface area contributed by atoms with Crippen molar-refractivity contribution in [2.45, 2.75) is 20.4 Å². The van der Waals surface area contributed by atoms with Gasteiger partial charge in [0.1, 0.15) is 5.69 Å². The van der Waals surface area contributed by atoms with E-state index in [1.807, 2.05) is 50.2 Å². The largest absolute Gasteiger partial charge is 0.454 e. The van der Waals surface area contributed by atoms with Gasteiger partial charge in [-0.15, -0.1) is 0 Å². The average Bonchev–Trinajstić information content (AvgIpc) is 3.18. The maximum absolute atomic E-state index is 12.5. The molecule has 1 aromatic heterocycles. The summed E-state index contributed by atoms with van der Waals surface area (Å²) in [5.41, 5.74) is 4.41. The molecule has 0 fully saturated rings. The van der Waals surface area contributed by atoms with Crippen molar-refractivity contribution in [1.29, 1.82) is 0 Å². The van der Waals surface area contributed by atoms with Crippen LogP contribution >= 0.6 is 0 Å². The van der Waals surface area contributed by atoms with Crippen LogP contribution < -0.4 is 20.1 Å². The van der Waals surface area contributed by atoms with Crippen molar-refractivity contribution in [3.8, 4) is 11.5 Å². The molecule has 142 valence electrons. The van der Waals surface area contributed by atoms with E-state index in [9.17, 15) is 4.79 Å². The minimum absolute atomic E-state index is 0.224. The van der Waals surface area contributed by atoms with E-state index in [2.05, 4.69) is 20.6 Å². The van der Waals surface area contributed by atoms with E-state index in [1.165, 1.54) is 5.56 Å². The van der Waals surface area contributed by atoms with Crippen LogP contribution in [0.1, 0.15) is 27.2 Å². The molecule has 1 aliphatic rings. The van der Waals surface area contributed by atoms with Crippen LogP contribution in [-0.4, -0.2) is 22.7 Å². The van der Waals surface area contributed by atoms with Crippen molar-refractivity contribution >= 4 is 17.5 Å². The van der Waals surface area contributed by atoms with E-state index in [4.69, 9.17) is 9.47 Å². The van der Waals surface area contributed by atoms with Crippen LogP contribution in [0.5, 0.6) is 11.5 Å². The molecule has 1 aliphatic heterocycles. The highest BCUT2D eigenvalue weighted by atomic mass is 16.7. The first kappa shape index (κ1) is 17.8. The summed E-state index contributed by atoms with van der Waals surface area (Å²) in [4.78, 5) is 21.0. The lowest BCUT2D eigenvalue weighted by Crippen LogP contribution is -2.24. The molecule has 3 aromatic rings. The van der Waals surface area contributed by atoms with Gasteiger partial charge in [0, 0.05) is 18.4 Å². The molecule has 0 aliphatic carbocycles. The minimum Gasteiger partial charge on any atom is -0.454 e. The highest BCUT2D eigenvalue weighted by Gasteiger charge is 2.14. The average molecular weight is 376 g/mol. The Morgan fingerprint density at radius 1 is 1.11 bits per heavy atom. The minimum atomic E-state index is -0.274. The predicted molar refractivity (Wildman–Crippen MR) is 105 cm³/mol. The summed E-state index contributed by atoms with van der Waals surface area (Å²) in [5, 5.41) is 6.04. The molecule has 0 saturated carbocycles. The Morgan fingerprint density at radius 3 is 2.86 bits per heavy atom. The number of aromatic nitrogens is 2. The molecule has 0 bridgehead atoms. The van der Waals surface area contributed by atoms with Gasteiger partial charge >= 0.3 is 0 Å². The summed E-state index contributed by atoms with van der Waals surface area (Å²) >= 11 is 0. The van der Waals surface area contributed by atoms with Crippen molar-refractivity contribution in [3.05, 3.63) is 71.0 Å². The Hall–Kier alpha value is -3.61. The highest BCUT2D eigenvalue weighted by molar-refractivity contribution is 5.92.